The standard InChI is InChI=1S/C26H24FN2O/c1-16(2)19-7-5-6-8-23(19)29-12-11-28(4)26(29)21-15-25-22(13-17(21)3)20-10-9-18(27)14-24(20)30-25/h5-16H,1-4H3/q+1. The van der Waals surface area contributed by atoms with Crippen LogP contribution in [0.2, 0.25) is 0 Å². The molecular formula is C26H24FN2O+. The van der Waals surface area contributed by atoms with Crippen LogP contribution in [0.5, 0.6) is 0 Å². The second-order valence-electron chi connectivity index (χ2n) is 8.22. The largest absolute Gasteiger partial charge is 0.456 e. The van der Waals surface area contributed by atoms with Crippen molar-refractivity contribution in [2.75, 3.05) is 0 Å². The Hall–Kier alpha value is -3.40. The van der Waals surface area contributed by atoms with E-state index in [1.807, 2.05) is 0 Å². The quantitative estimate of drug-likeness (QED) is 0.320. The fourth-order valence-electron chi connectivity index (χ4n) is 4.33. The molecule has 2 heterocycles. The number of para-hydroxylation sites is 1. The smallest absolute Gasteiger partial charge is 0.294 e. The van der Waals surface area contributed by atoms with Crippen molar-refractivity contribution in [1.82, 2.24) is 4.57 Å². The van der Waals surface area contributed by atoms with E-state index < -0.39 is 0 Å². The van der Waals surface area contributed by atoms with Gasteiger partial charge in [0.15, 0.2) is 0 Å². The number of fused-ring (bicyclic) bond motifs is 3. The van der Waals surface area contributed by atoms with E-state index in [0.29, 0.717) is 11.5 Å². The van der Waals surface area contributed by atoms with Crippen molar-refractivity contribution in [3.63, 3.8) is 0 Å². The van der Waals surface area contributed by atoms with E-state index in [1.54, 1.807) is 6.07 Å². The van der Waals surface area contributed by atoms with E-state index in [2.05, 4.69) is 85.7 Å². The van der Waals surface area contributed by atoms with Crippen LogP contribution >= 0.6 is 0 Å². The summed E-state index contributed by atoms with van der Waals surface area (Å²) < 4.78 is 24.1. The molecule has 150 valence electrons. The van der Waals surface area contributed by atoms with E-state index >= 15 is 0 Å². The van der Waals surface area contributed by atoms with Gasteiger partial charge in [-0.05, 0) is 48.7 Å². The van der Waals surface area contributed by atoms with Crippen LogP contribution in [0.4, 0.5) is 4.39 Å². The number of hydrogen-bond acceptors (Lipinski definition) is 1. The fraction of sp³-hybridized carbons (Fsp3) is 0.192. The summed E-state index contributed by atoms with van der Waals surface area (Å²) in [5, 5.41) is 1.94. The first kappa shape index (κ1) is 18.6. The van der Waals surface area contributed by atoms with Crippen molar-refractivity contribution in [2.24, 2.45) is 7.05 Å². The van der Waals surface area contributed by atoms with Gasteiger partial charge < -0.3 is 4.42 Å². The number of nitrogens with zero attached hydrogens (tertiary/aromatic N) is 2. The fourth-order valence-corrected chi connectivity index (χ4v) is 4.33. The monoisotopic (exact) mass is 399 g/mol. The average molecular weight is 399 g/mol. The second-order valence-corrected chi connectivity index (χ2v) is 8.22. The summed E-state index contributed by atoms with van der Waals surface area (Å²) in [6.45, 7) is 6.54. The molecule has 5 rings (SSSR count). The molecule has 30 heavy (non-hydrogen) atoms. The van der Waals surface area contributed by atoms with Gasteiger partial charge in [0.05, 0.1) is 12.6 Å². The number of aryl methyl sites for hydroxylation is 2. The zero-order valence-electron chi connectivity index (χ0n) is 17.6. The first-order chi connectivity index (χ1) is 14.4. The highest BCUT2D eigenvalue weighted by Gasteiger charge is 2.24. The van der Waals surface area contributed by atoms with Gasteiger partial charge in [0.2, 0.25) is 0 Å². The number of furan rings is 1. The molecule has 0 N–H and O–H groups in total. The minimum Gasteiger partial charge on any atom is -0.456 e. The van der Waals surface area contributed by atoms with Crippen LogP contribution in [-0.4, -0.2) is 4.57 Å². The van der Waals surface area contributed by atoms with Crippen molar-refractivity contribution >= 4 is 21.9 Å². The molecule has 0 unspecified atom stereocenters. The van der Waals surface area contributed by atoms with Crippen LogP contribution in [0, 0.1) is 12.7 Å². The lowest BCUT2D eigenvalue weighted by molar-refractivity contribution is -0.659. The van der Waals surface area contributed by atoms with Crippen molar-refractivity contribution < 1.29 is 13.4 Å². The van der Waals surface area contributed by atoms with Gasteiger partial charge >= 0.3 is 0 Å². The van der Waals surface area contributed by atoms with Crippen LogP contribution < -0.4 is 4.57 Å². The molecule has 3 nitrogen and oxygen atoms in total. The van der Waals surface area contributed by atoms with E-state index in [-0.39, 0.29) is 5.82 Å². The summed E-state index contributed by atoms with van der Waals surface area (Å²) in [5.74, 6) is 1.20. The van der Waals surface area contributed by atoms with Gasteiger partial charge in [0.25, 0.3) is 5.82 Å². The van der Waals surface area contributed by atoms with Gasteiger partial charge in [-0.15, -0.1) is 0 Å². The molecular weight excluding hydrogens is 375 g/mol. The Bertz CT molecular complexity index is 1410. The molecule has 5 aromatic rings. The van der Waals surface area contributed by atoms with Crippen molar-refractivity contribution in [1.29, 1.82) is 0 Å². The molecule has 4 heteroatoms. The molecule has 3 aromatic carbocycles. The Morgan fingerprint density at radius 2 is 1.73 bits per heavy atom. The number of halogens is 1. The molecule has 0 aliphatic rings. The van der Waals surface area contributed by atoms with Crippen molar-refractivity contribution in [2.45, 2.75) is 26.7 Å². The number of rotatable bonds is 3. The van der Waals surface area contributed by atoms with Gasteiger partial charge in [0.1, 0.15) is 35.1 Å². The third kappa shape index (κ3) is 2.83. The van der Waals surface area contributed by atoms with Crippen LogP contribution in [-0.2, 0) is 7.05 Å². The topological polar surface area (TPSA) is 21.9 Å². The highest BCUT2D eigenvalue weighted by atomic mass is 19.1. The van der Waals surface area contributed by atoms with Crippen molar-refractivity contribution in [3.05, 3.63) is 83.9 Å². The molecule has 0 saturated carbocycles. The molecule has 0 fully saturated rings. The Morgan fingerprint density at radius 3 is 2.53 bits per heavy atom. The summed E-state index contributed by atoms with van der Waals surface area (Å²) in [4.78, 5) is 0. The van der Waals surface area contributed by atoms with E-state index in [4.69, 9.17) is 4.42 Å². The maximum absolute atomic E-state index is 13.7. The van der Waals surface area contributed by atoms with Gasteiger partial charge in [0, 0.05) is 22.4 Å². The third-order valence-electron chi connectivity index (χ3n) is 5.84. The lowest BCUT2D eigenvalue weighted by Gasteiger charge is -2.12. The maximum atomic E-state index is 13.7. The van der Waals surface area contributed by atoms with Gasteiger partial charge in [-0.2, -0.15) is 4.57 Å². The molecule has 0 atom stereocenters. The number of aromatic nitrogens is 2. The first-order valence-electron chi connectivity index (χ1n) is 10.2. The molecule has 0 amide bonds. The third-order valence-corrected chi connectivity index (χ3v) is 5.84. The molecule has 0 aliphatic heterocycles. The van der Waals surface area contributed by atoms with Gasteiger partial charge in [-0.25, -0.2) is 8.96 Å². The molecule has 0 aliphatic carbocycles. The molecule has 0 radical (unpaired) electrons. The Labute approximate surface area is 175 Å². The number of hydrogen-bond donors (Lipinski definition) is 0. The highest BCUT2D eigenvalue weighted by molar-refractivity contribution is 6.06. The molecule has 2 aromatic heterocycles. The zero-order valence-corrected chi connectivity index (χ0v) is 17.6. The summed E-state index contributed by atoms with van der Waals surface area (Å²) in [7, 11) is 2.06. The minimum atomic E-state index is -0.288. The van der Waals surface area contributed by atoms with Gasteiger partial charge in [-0.1, -0.05) is 32.0 Å². The second kappa shape index (κ2) is 6.84. The summed E-state index contributed by atoms with van der Waals surface area (Å²) in [6.07, 6.45) is 4.18. The minimum absolute atomic E-state index is 0.288. The molecule has 0 spiro atoms. The Morgan fingerprint density at radius 1 is 0.967 bits per heavy atom. The first-order valence-corrected chi connectivity index (χ1v) is 10.2. The Balaban J connectivity index is 1.77. The lowest BCUT2D eigenvalue weighted by atomic mass is 10.00. The summed E-state index contributed by atoms with van der Waals surface area (Å²) in [6, 6.07) is 17.5. The predicted molar refractivity (Wildman–Crippen MR) is 118 cm³/mol. The summed E-state index contributed by atoms with van der Waals surface area (Å²) >= 11 is 0. The van der Waals surface area contributed by atoms with E-state index in [0.717, 1.165) is 33.3 Å². The van der Waals surface area contributed by atoms with Crippen LogP contribution in [0.3, 0.4) is 0 Å². The highest BCUT2D eigenvalue weighted by Crippen LogP contribution is 2.35. The molecule has 0 saturated heterocycles. The summed E-state index contributed by atoms with van der Waals surface area (Å²) in [5.41, 5.74) is 6.05. The SMILES string of the molecule is Cc1cc2c(cc1-c1n(-c3ccccc3C(C)C)cc[n+]1C)oc1cc(F)ccc12. The number of imidazole rings is 1. The van der Waals surface area contributed by atoms with Crippen LogP contribution in [0.25, 0.3) is 39.0 Å². The Kier molecular flexibility index (Phi) is 4.24. The van der Waals surface area contributed by atoms with Crippen LogP contribution in [0.1, 0.15) is 30.9 Å². The lowest BCUT2D eigenvalue weighted by Crippen LogP contribution is -2.29. The average Bonchev–Trinajstić information content (AvgIpc) is 3.26. The predicted octanol–water partition coefficient (Wildman–Crippen LogP) is 6.44. The number of benzene rings is 3. The van der Waals surface area contributed by atoms with Crippen molar-refractivity contribution in [3.8, 4) is 17.1 Å². The maximum Gasteiger partial charge on any atom is 0.294 e. The van der Waals surface area contributed by atoms with Gasteiger partial charge in [-0.3, -0.25) is 0 Å². The normalized spacial score (nSPS) is 11.8. The van der Waals surface area contributed by atoms with Crippen LogP contribution in [0.15, 0.2) is 71.4 Å². The molecule has 0 bridgehead atoms. The zero-order chi connectivity index (χ0) is 21.0. The van der Waals surface area contributed by atoms with E-state index in [9.17, 15) is 4.39 Å². The van der Waals surface area contributed by atoms with E-state index in [1.165, 1.54) is 23.4 Å².